The second-order valence-corrected chi connectivity index (χ2v) is 3.15. The Labute approximate surface area is 73.6 Å². The number of nitrogens with two attached hydrogens (primary N) is 1. The smallest absolute Gasteiger partial charge is 0.0788 e. The molecule has 0 aromatic carbocycles. The van der Waals surface area contributed by atoms with Crippen molar-refractivity contribution >= 4 is 0 Å². The first-order chi connectivity index (χ1) is 5.74. The SMILES string of the molecule is CCCCn1ccc([C@H](C)N)n1. The highest BCUT2D eigenvalue weighted by atomic mass is 15.3. The minimum atomic E-state index is 0.0490. The first-order valence-corrected chi connectivity index (χ1v) is 4.53. The number of unbranched alkanes of at least 4 members (excludes halogenated alkanes) is 1. The van der Waals surface area contributed by atoms with Crippen molar-refractivity contribution in [3.63, 3.8) is 0 Å². The molecule has 0 saturated heterocycles. The zero-order valence-corrected chi connectivity index (χ0v) is 7.83. The number of hydrogen-bond donors (Lipinski definition) is 1. The van der Waals surface area contributed by atoms with Gasteiger partial charge in [-0.2, -0.15) is 5.10 Å². The molecule has 0 unspecified atom stereocenters. The topological polar surface area (TPSA) is 43.8 Å². The van der Waals surface area contributed by atoms with Gasteiger partial charge in [0.2, 0.25) is 0 Å². The Kier molecular flexibility index (Phi) is 3.29. The maximum atomic E-state index is 5.68. The van der Waals surface area contributed by atoms with Crippen molar-refractivity contribution < 1.29 is 0 Å². The van der Waals surface area contributed by atoms with Crippen LogP contribution in [0.5, 0.6) is 0 Å². The molecule has 12 heavy (non-hydrogen) atoms. The predicted octanol–water partition coefficient (Wildman–Crippen LogP) is 1.70. The lowest BCUT2D eigenvalue weighted by molar-refractivity contribution is 0.559. The third kappa shape index (κ3) is 2.34. The van der Waals surface area contributed by atoms with E-state index in [-0.39, 0.29) is 6.04 Å². The van der Waals surface area contributed by atoms with Crippen LogP contribution in [0.25, 0.3) is 0 Å². The van der Waals surface area contributed by atoms with Crippen molar-refractivity contribution in [3.05, 3.63) is 18.0 Å². The standard InChI is InChI=1S/C9H17N3/c1-3-4-6-12-7-5-9(11-12)8(2)10/h5,7-8H,3-4,6,10H2,1-2H3/t8-/m0/s1. The first kappa shape index (κ1) is 9.26. The molecule has 0 amide bonds. The Morgan fingerprint density at radius 2 is 2.42 bits per heavy atom. The molecule has 0 aliphatic carbocycles. The molecule has 1 aromatic heterocycles. The summed E-state index contributed by atoms with van der Waals surface area (Å²) in [5, 5.41) is 4.34. The Hall–Kier alpha value is -0.830. The fourth-order valence-corrected chi connectivity index (χ4v) is 1.06. The second-order valence-electron chi connectivity index (χ2n) is 3.15. The van der Waals surface area contributed by atoms with Crippen LogP contribution in [0.4, 0.5) is 0 Å². The van der Waals surface area contributed by atoms with Gasteiger partial charge in [0.1, 0.15) is 0 Å². The van der Waals surface area contributed by atoms with Crippen molar-refractivity contribution in [1.29, 1.82) is 0 Å². The average Bonchev–Trinajstić information content (AvgIpc) is 2.48. The molecular weight excluding hydrogens is 150 g/mol. The van der Waals surface area contributed by atoms with Crippen molar-refractivity contribution in [2.24, 2.45) is 5.73 Å². The minimum absolute atomic E-state index is 0.0490. The highest BCUT2D eigenvalue weighted by molar-refractivity contribution is 5.02. The predicted molar refractivity (Wildman–Crippen MR) is 49.7 cm³/mol. The molecule has 3 heteroatoms. The highest BCUT2D eigenvalue weighted by Crippen LogP contribution is 2.05. The van der Waals surface area contributed by atoms with Crippen LogP contribution >= 0.6 is 0 Å². The van der Waals surface area contributed by atoms with Crippen molar-refractivity contribution in [2.75, 3.05) is 0 Å². The number of nitrogens with zero attached hydrogens (tertiary/aromatic N) is 2. The van der Waals surface area contributed by atoms with Gasteiger partial charge >= 0.3 is 0 Å². The number of aryl methyl sites for hydroxylation is 1. The van der Waals surface area contributed by atoms with E-state index in [4.69, 9.17) is 5.73 Å². The summed E-state index contributed by atoms with van der Waals surface area (Å²) < 4.78 is 1.96. The van der Waals surface area contributed by atoms with Gasteiger partial charge in [-0.05, 0) is 19.4 Å². The van der Waals surface area contributed by atoms with Gasteiger partial charge in [-0.25, -0.2) is 0 Å². The van der Waals surface area contributed by atoms with Crippen LogP contribution in [-0.2, 0) is 6.54 Å². The van der Waals surface area contributed by atoms with Crippen LogP contribution in [0.15, 0.2) is 12.3 Å². The highest BCUT2D eigenvalue weighted by Gasteiger charge is 2.02. The van der Waals surface area contributed by atoms with Crippen LogP contribution < -0.4 is 5.73 Å². The molecule has 1 rings (SSSR count). The summed E-state index contributed by atoms with van der Waals surface area (Å²) in [6.45, 7) is 5.13. The van der Waals surface area contributed by atoms with Crippen LogP contribution in [0, 0.1) is 0 Å². The van der Waals surface area contributed by atoms with Gasteiger partial charge in [0.25, 0.3) is 0 Å². The minimum Gasteiger partial charge on any atom is -0.323 e. The van der Waals surface area contributed by atoms with Gasteiger partial charge < -0.3 is 5.73 Å². The van der Waals surface area contributed by atoms with Crippen molar-refractivity contribution in [1.82, 2.24) is 9.78 Å². The normalized spacial score (nSPS) is 13.2. The van der Waals surface area contributed by atoms with Gasteiger partial charge in [0, 0.05) is 18.8 Å². The number of hydrogen-bond acceptors (Lipinski definition) is 2. The Balaban J connectivity index is 2.52. The molecule has 68 valence electrons. The maximum absolute atomic E-state index is 5.68. The zero-order valence-electron chi connectivity index (χ0n) is 7.83. The van der Waals surface area contributed by atoms with E-state index in [0.717, 1.165) is 12.2 Å². The lowest BCUT2D eigenvalue weighted by atomic mass is 10.3. The molecule has 2 N–H and O–H groups in total. The van der Waals surface area contributed by atoms with Crippen LogP contribution in [0.2, 0.25) is 0 Å². The molecule has 0 aliphatic heterocycles. The molecule has 0 fully saturated rings. The number of aromatic nitrogens is 2. The molecule has 0 spiro atoms. The third-order valence-corrected chi connectivity index (χ3v) is 1.87. The molecule has 1 heterocycles. The summed E-state index contributed by atoms with van der Waals surface area (Å²) in [4.78, 5) is 0. The maximum Gasteiger partial charge on any atom is 0.0788 e. The van der Waals surface area contributed by atoms with E-state index in [1.807, 2.05) is 23.9 Å². The lowest BCUT2D eigenvalue weighted by Crippen LogP contribution is -2.07. The molecule has 1 atom stereocenters. The van der Waals surface area contributed by atoms with E-state index in [1.54, 1.807) is 0 Å². The summed E-state index contributed by atoms with van der Waals surface area (Å²) in [6, 6.07) is 2.04. The molecule has 0 radical (unpaired) electrons. The zero-order chi connectivity index (χ0) is 8.97. The van der Waals surface area contributed by atoms with Crippen LogP contribution in [0.3, 0.4) is 0 Å². The van der Waals surface area contributed by atoms with E-state index in [0.29, 0.717) is 0 Å². The van der Waals surface area contributed by atoms with Gasteiger partial charge in [0.15, 0.2) is 0 Å². The Bertz CT molecular complexity index is 227. The van der Waals surface area contributed by atoms with E-state index in [1.165, 1.54) is 12.8 Å². The van der Waals surface area contributed by atoms with E-state index >= 15 is 0 Å². The van der Waals surface area contributed by atoms with E-state index < -0.39 is 0 Å². The summed E-state index contributed by atoms with van der Waals surface area (Å²) in [5.41, 5.74) is 6.66. The van der Waals surface area contributed by atoms with E-state index in [9.17, 15) is 0 Å². The van der Waals surface area contributed by atoms with E-state index in [2.05, 4.69) is 12.0 Å². The molecule has 0 aliphatic rings. The summed E-state index contributed by atoms with van der Waals surface area (Å²) >= 11 is 0. The van der Waals surface area contributed by atoms with Crippen LogP contribution in [0.1, 0.15) is 38.4 Å². The largest absolute Gasteiger partial charge is 0.323 e. The summed E-state index contributed by atoms with van der Waals surface area (Å²) in [6.07, 6.45) is 4.38. The fourth-order valence-electron chi connectivity index (χ4n) is 1.06. The van der Waals surface area contributed by atoms with Crippen LogP contribution in [-0.4, -0.2) is 9.78 Å². The van der Waals surface area contributed by atoms with Gasteiger partial charge in [0.05, 0.1) is 5.69 Å². The third-order valence-electron chi connectivity index (χ3n) is 1.87. The Morgan fingerprint density at radius 1 is 1.67 bits per heavy atom. The number of rotatable bonds is 4. The average molecular weight is 167 g/mol. The van der Waals surface area contributed by atoms with Gasteiger partial charge in [-0.15, -0.1) is 0 Å². The quantitative estimate of drug-likeness (QED) is 0.741. The van der Waals surface area contributed by atoms with Crippen molar-refractivity contribution in [3.8, 4) is 0 Å². The monoisotopic (exact) mass is 167 g/mol. The summed E-state index contributed by atoms with van der Waals surface area (Å²) in [7, 11) is 0. The molecule has 0 saturated carbocycles. The second kappa shape index (κ2) is 4.26. The van der Waals surface area contributed by atoms with Gasteiger partial charge in [-0.3, -0.25) is 4.68 Å². The molecule has 3 nitrogen and oxygen atoms in total. The van der Waals surface area contributed by atoms with Gasteiger partial charge in [-0.1, -0.05) is 13.3 Å². The Morgan fingerprint density at radius 3 is 2.92 bits per heavy atom. The summed E-state index contributed by atoms with van der Waals surface area (Å²) in [5.74, 6) is 0. The molecule has 0 bridgehead atoms. The first-order valence-electron chi connectivity index (χ1n) is 4.53. The van der Waals surface area contributed by atoms with Crippen molar-refractivity contribution in [2.45, 2.75) is 39.3 Å². The molecular formula is C9H17N3. The molecule has 1 aromatic rings. The fraction of sp³-hybridized carbons (Fsp3) is 0.667. The lowest BCUT2D eigenvalue weighted by Gasteiger charge is -2.00.